The molecule has 0 fully saturated rings. The van der Waals surface area contributed by atoms with Gasteiger partial charge >= 0.3 is 0 Å². The first-order valence-corrected chi connectivity index (χ1v) is 16.6. The Balaban J connectivity index is 1.15. The molecule has 0 N–H and O–H groups in total. The van der Waals surface area contributed by atoms with Gasteiger partial charge in [-0.1, -0.05) is 62.3 Å². The van der Waals surface area contributed by atoms with Crippen molar-refractivity contribution in [3.05, 3.63) is 144 Å². The molecular weight excluding hydrogens is 617 g/mol. The number of para-hydroxylation sites is 6. The summed E-state index contributed by atoms with van der Waals surface area (Å²) in [4.78, 5) is 10.1. The van der Waals surface area contributed by atoms with Gasteiger partial charge in [-0.25, -0.2) is 9.97 Å². The normalized spacial score (nSPS) is 18.1. The van der Waals surface area contributed by atoms with Crippen LogP contribution in [0.15, 0.2) is 121 Å². The minimum absolute atomic E-state index is 0.168. The molecular formula is C43H32N6O. The lowest BCUT2D eigenvalue weighted by Crippen LogP contribution is -2.25. The fraction of sp³-hybridized carbons (Fsp3) is 0.116. The van der Waals surface area contributed by atoms with Crippen LogP contribution in [0.3, 0.4) is 0 Å². The molecule has 1 atom stereocenters. The van der Waals surface area contributed by atoms with Crippen LogP contribution in [0, 0.1) is 13.8 Å². The van der Waals surface area contributed by atoms with E-state index in [-0.39, 0.29) is 5.56 Å². The van der Waals surface area contributed by atoms with Crippen LogP contribution in [0.25, 0.3) is 67.1 Å². The molecule has 11 rings (SSSR count). The van der Waals surface area contributed by atoms with E-state index in [0.717, 1.165) is 50.1 Å². The maximum Gasteiger partial charge on any atom is 0.220 e. The van der Waals surface area contributed by atoms with Crippen LogP contribution in [0.4, 0.5) is 0 Å². The second kappa shape index (κ2) is 9.42. The van der Waals surface area contributed by atoms with Gasteiger partial charge in [0.2, 0.25) is 11.6 Å². The number of hydrogen-bond acceptors (Lipinski definition) is 3. The topological polar surface area (TPSA) is 53.7 Å². The molecule has 1 aliphatic heterocycles. The van der Waals surface area contributed by atoms with E-state index in [2.05, 4.69) is 34.1 Å². The summed E-state index contributed by atoms with van der Waals surface area (Å²) in [6.45, 7) is -1.05. The first kappa shape index (κ1) is 22.3. The largest absolute Gasteiger partial charge is 0.457 e. The second-order valence-corrected chi connectivity index (χ2v) is 13.3. The SMILES string of the molecule is [2H]C([2H])([2H])c1cccc2c1nc1n(-c3ccc4c(c3)C(C)(C([2H])([2H])[2H])c3cc(-n5c6ccccc6n6c7cccc(C)c7nc56)ccc3O4)c3ccccc3n21. The van der Waals surface area contributed by atoms with Crippen LogP contribution in [0.2, 0.25) is 0 Å². The molecule has 0 amide bonds. The zero-order valence-electron chi connectivity index (χ0n) is 33.1. The summed E-state index contributed by atoms with van der Waals surface area (Å²) < 4.78 is 66.7. The number of aryl methyl sites for hydroxylation is 2. The van der Waals surface area contributed by atoms with Crippen molar-refractivity contribution in [1.82, 2.24) is 27.9 Å². The number of benzene rings is 6. The average molecular weight is 655 g/mol. The van der Waals surface area contributed by atoms with Crippen molar-refractivity contribution in [2.75, 3.05) is 0 Å². The molecule has 0 bridgehead atoms. The van der Waals surface area contributed by atoms with Crippen LogP contribution < -0.4 is 4.74 Å². The van der Waals surface area contributed by atoms with Crippen molar-refractivity contribution in [2.24, 2.45) is 0 Å². The number of ether oxygens (including phenoxy) is 1. The zero-order chi connectivity index (χ0) is 38.5. The Labute approximate surface area is 295 Å². The summed E-state index contributed by atoms with van der Waals surface area (Å²) >= 11 is 0. The van der Waals surface area contributed by atoms with Gasteiger partial charge in [0.05, 0.1) is 44.1 Å². The Kier molecular flexibility index (Phi) is 4.21. The van der Waals surface area contributed by atoms with Crippen LogP contribution >= 0.6 is 0 Å². The van der Waals surface area contributed by atoms with E-state index in [1.54, 1.807) is 19.1 Å². The summed E-state index contributed by atoms with van der Waals surface area (Å²) in [5.74, 6) is 2.15. The van der Waals surface area contributed by atoms with Crippen molar-refractivity contribution in [3.8, 4) is 22.9 Å². The predicted molar refractivity (Wildman–Crippen MR) is 201 cm³/mol. The lowest BCUT2D eigenvalue weighted by atomic mass is 9.75. The highest BCUT2D eigenvalue weighted by Crippen LogP contribution is 2.49. The third-order valence-electron chi connectivity index (χ3n) is 10.4. The molecule has 7 heteroatoms. The molecule has 7 nitrogen and oxygen atoms in total. The van der Waals surface area contributed by atoms with E-state index in [9.17, 15) is 0 Å². The van der Waals surface area contributed by atoms with E-state index in [1.807, 2.05) is 100.0 Å². The highest BCUT2D eigenvalue weighted by atomic mass is 16.5. The maximum atomic E-state index is 9.13. The first-order valence-electron chi connectivity index (χ1n) is 19.6. The van der Waals surface area contributed by atoms with Gasteiger partial charge in [0.15, 0.2) is 0 Å². The number of imidazole rings is 4. The Morgan fingerprint density at radius 2 is 1.04 bits per heavy atom. The van der Waals surface area contributed by atoms with Crippen LogP contribution in [0.5, 0.6) is 11.5 Å². The lowest BCUT2D eigenvalue weighted by molar-refractivity contribution is 0.418. The average Bonchev–Trinajstić information content (AvgIpc) is 3.91. The molecule has 4 aromatic heterocycles. The van der Waals surface area contributed by atoms with Crippen LogP contribution in [0.1, 0.15) is 44.3 Å². The number of rotatable bonds is 2. The van der Waals surface area contributed by atoms with Gasteiger partial charge in [0, 0.05) is 36.1 Å². The van der Waals surface area contributed by atoms with Crippen LogP contribution in [-0.2, 0) is 5.41 Å². The van der Waals surface area contributed by atoms with Crippen molar-refractivity contribution in [1.29, 1.82) is 0 Å². The second-order valence-electron chi connectivity index (χ2n) is 13.3. The number of hydrogen-bond donors (Lipinski definition) is 0. The smallest absolute Gasteiger partial charge is 0.220 e. The fourth-order valence-corrected chi connectivity index (χ4v) is 8.04. The number of aromatic nitrogens is 6. The molecule has 6 aromatic carbocycles. The van der Waals surface area contributed by atoms with Crippen LogP contribution in [-0.4, -0.2) is 27.9 Å². The van der Waals surface area contributed by atoms with Crippen molar-refractivity contribution in [3.63, 3.8) is 0 Å². The molecule has 240 valence electrons. The van der Waals surface area contributed by atoms with Gasteiger partial charge in [-0.05, 0) is 97.7 Å². The molecule has 0 aliphatic carbocycles. The third kappa shape index (κ3) is 3.43. The molecule has 0 saturated carbocycles. The quantitative estimate of drug-likeness (QED) is 0.186. The maximum absolute atomic E-state index is 9.13. The predicted octanol–water partition coefficient (Wildman–Crippen LogP) is 10.2. The molecule has 0 saturated heterocycles. The standard InChI is InChI=1S/C43H32N6O/c1-25-11-9-17-35-39(25)44-41-46(31-13-5-7-15-33(31)48(35)41)27-19-21-37-29(23-27)43(3,4)30-24-28(20-22-38(30)50-37)47-32-14-6-8-16-34(32)49-36-18-10-12-26(2)40(36)45-42(47)49/h5-24H,1-4H3/i1D3,3D3. The molecule has 5 heterocycles. The van der Waals surface area contributed by atoms with E-state index in [0.29, 0.717) is 45.1 Å². The number of fused-ring (bicyclic) bond motifs is 12. The molecule has 0 spiro atoms. The van der Waals surface area contributed by atoms with E-state index in [4.69, 9.17) is 22.9 Å². The minimum Gasteiger partial charge on any atom is -0.457 e. The third-order valence-corrected chi connectivity index (χ3v) is 10.4. The van der Waals surface area contributed by atoms with Crippen molar-refractivity contribution in [2.45, 2.75) is 33.0 Å². The fourth-order valence-electron chi connectivity index (χ4n) is 8.04. The summed E-state index contributed by atoms with van der Waals surface area (Å²) in [6.07, 6.45) is 0. The van der Waals surface area contributed by atoms with Gasteiger partial charge in [0.1, 0.15) is 11.5 Å². The molecule has 1 aliphatic rings. The number of nitrogens with zero attached hydrogens (tertiary/aromatic N) is 6. The summed E-state index contributed by atoms with van der Waals surface area (Å²) in [5.41, 5.74) is 8.73. The van der Waals surface area contributed by atoms with E-state index >= 15 is 0 Å². The summed E-state index contributed by atoms with van der Waals surface area (Å²) in [5, 5.41) is 0. The molecule has 10 aromatic rings. The van der Waals surface area contributed by atoms with Crippen molar-refractivity contribution < 1.29 is 13.0 Å². The minimum atomic E-state index is -2.50. The lowest BCUT2D eigenvalue weighted by Gasteiger charge is -2.35. The Morgan fingerprint density at radius 3 is 1.56 bits per heavy atom. The highest BCUT2D eigenvalue weighted by molar-refractivity contribution is 5.94. The van der Waals surface area contributed by atoms with Gasteiger partial charge < -0.3 is 4.74 Å². The van der Waals surface area contributed by atoms with Crippen molar-refractivity contribution >= 4 is 55.7 Å². The zero-order valence-corrected chi connectivity index (χ0v) is 27.1. The summed E-state index contributed by atoms with van der Waals surface area (Å²) in [7, 11) is 0. The molecule has 50 heavy (non-hydrogen) atoms. The van der Waals surface area contributed by atoms with Gasteiger partial charge in [-0.2, -0.15) is 0 Å². The Bertz CT molecular complexity index is 3310. The summed E-state index contributed by atoms with van der Waals surface area (Å²) in [6, 6.07) is 38.6. The monoisotopic (exact) mass is 654 g/mol. The highest BCUT2D eigenvalue weighted by Gasteiger charge is 2.35. The molecule has 1 unspecified atom stereocenters. The van der Waals surface area contributed by atoms with E-state index < -0.39 is 19.1 Å². The Hall–Kier alpha value is -6.34. The Morgan fingerprint density at radius 1 is 0.560 bits per heavy atom. The van der Waals surface area contributed by atoms with Gasteiger partial charge in [-0.15, -0.1) is 0 Å². The van der Waals surface area contributed by atoms with E-state index in [1.165, 1.54) is 0 Å². The molecule has 0 radical (unpaired) electrons. The van der Waals surface area contributed by atoms with Gasteiger partial charge in [-0.3, -0.25) is 17.9 Å². The van der Waals surface area contributed by atoms with Gasteiger partial charge in [0.25, 0.3) is 0 Å². The first-order chi connectivity index (χ1) is 26.8.